The van der Waals surface area contributed by atoms with E-state index in [-0.39, 0.29) is 0 Å². The monoisotopic (exact) mass is 316 g/mol. The lowest BCUT2D eigenvalue weighted by atomic mass is 10.1. The third-order valence-corrected chi connectivity index (χ3v) is 3.14. The number of carbonyl (C=O) groups excluding carboxylic acids is 1. The molecule has 2 rings (SSSR count). The highest BCUT2D eigenvalue weighted by Crippen LogP contribution is 2.30. The third-order valence-electron chi connectivity index (χ3n) is 3.14. The van der Waals surface area contributed by atoms with Gasteiger partial charge in [-0.1, -0.05) is 0 Å². The lowest BCUT2D eigenvalue weighted by molar-refractivity contribution is -0.169. The summed E-state index contributed by atoms with van der Waals surface area (Å²) in [4.78, 5) is 35.7. The first-order chi connectivity index (χ1) is 10.4. The van der Waals surface area contributed by atoms with Crippen LogP contribution in [0.15, 0.2) is 21.9 Å². The van der Waals surface area contributed by atoms with E-state index < -0.39 is 55.2 Å². The predicted octanol–water partition coefficient (Wildman–Crippen LogP) is -2.31. The Morgan fingerprint density at radius 1 is 1.50 bits per heavy atom. The average molecular weight is 316 g/mol. The number of aliphatic hydroxyl groups is 2. The fraction of sp³-hybridized carbons (Fsp3) is 0.583. The summed E-state index contributed by atoms with van der Waals surface area (Å²) in [5.74, 6) is -0.579. The molecule has 10 heteroatoms. The van der Waals surface area contributed by atoms with Gasteiger partial charge in [0, 0.05) is 19.2 Å². The van der Waals surface area contributed by atoms with Crippen LogP contribution in [-0.2, 0) is 19.0 Å². The quantitative estimate of drug-likeness (QED) is 0.407. The zero-order chi connectivity index (χ0) is 16.3. The van der Waals surface area contributed by atoms with Crippen LogP contribution in [0, 0.1) is 0 Å². The van der Waals surface area contributed by atoms with Crippen LogP contribution in [0.2, 0.25) is 0 Å². The van der Waals surface area contributed by atoms with Crippen molar-refractivity contribution in [1.29, 1.82) is 0 Å². The standard InChI is InChI=1S/C12H16N2O8/c1-6(16)20-5-21-10-9(18)7(4-15)22-11(10)14-3-2-8(17)13-12(14)19/h2-3,7,9-11,15,18H,4-5H2,1H3,(H,13,17,19)/t7-,9-,10-,11-/m1/s1. The fourth-order valence-corrected chi connectivity index (χ4v) is 2.10. The zero-order valence-corrected chi connectivity index (χ0v) is 11.7. The van der Waals surface area contributed by atoms with Crippen LogP contribution in [0.3, 0.4) is 0 Å². The van der Waals surface area contributed by atoms with Crippen molar-refractivity contribution < 1.29 is 29.2 Å². The lowest BCUT2D eigenvalue weighted by Crippen LogP contribution is -2.39. The van der Waals surface area contributed by atoms with Crippen molar-refractivity contribution >= 4 is 5.97 Å². The van der Waals surface area contributed by atoms with Crippen molar-refractivity contribution in [3.05, 3.63) is 33.1 Å². The van der Waals surface area contributed by atoms with Gasteiger partial charge in [0.25, 0.3) is 5.56 Å². The number of aliphatic hydroxyl groups excluding tert-OH is 2. The Labute approximate surface area is 123 Å². The van der Waals surface area contributed by atoms with E-state index in [1.165, 1.54) is 13.1 Å². The van der Waals surface area contributed by atoms with Gasteiger partial charge in [-0.3, -0.25) is 19.1 Å². The highest BCUT2D eigenvalue weighted by atomic mass is 16.7. The first-order valence-corrected chi connectivity index (χ1v) is 6.45. The molecular weight excluding hydrogens is 300 g/mol. The minimum absolute atomic E-state index is 0.451. The van der Waals surface area contributed by atoms with Crippen LogP contribution in [0.1, 0.15) is 13.2 Å². The van der Waals surface area contributed by atoms with Gasteiger partial charge in [-0.15, -0.1) is 0 Å². The van der Waals surface area contributed by atoms with Gasteiger partial charge in [0.15, 0.2) is 13.0 Å². The Hall–Kier alpha value is -2.01. The maximum absolute atomic E-state index is 11.8. The smallest absolute Gasteiger partial charge is 0.330 e. The van der Waals surface area contributed by atoms with E-state index in [1.54, 1.807) is 0 Å². The number of nitrogens with zero attached hydrogens (tertiary/aromatic N) is 1. The van der Waals surface area contributed by atoms with Crippen molar-refractivity contribution in [3.63, 3.8) is 0 Å². The molecule has 122 valence electrons. The molecule has 1 fully saturated rings. The second-order valence-electron chi connectivity index (χ2n) is 4.64. The average Bonchev–Trinajstić information content (AvgIpc) is 2.75. The highest BCUT2D eigenvalue weighted by molar-refractivity contribution is 5.65. The minimum Gasteiger partial charge on any atom is -0.439 e. The van der Waals surface area contributed by atoms with Crippen LogP contribution in [-0.4, -0.2) is 57.4 Å². The first-order valence-electron chi connectivity index (χ1n) is 6.45. The molecule has 0 saturated carbocycles. The molecule has 1 aromatic rings. The summed E-state index contributed by atoms with van der Waals surface area (Å²) < 4.78 is 16.2. The summed E-state index contributed by atoms with van der Waals surface area (Å²) in [5.41, 5.74) is -1.35. The van der Waals surface area contributed by atoms with Crippen molar-refractivity contribution in [1.82, 2.24) is 9.55 Å². The van der Waals surface area contributed by atoms with Crippen molar-refractivity contribution in [3.8, 4) is 0 Å². The SMILES string of the molecule is CC(=O)OCO[C@@H]1[C@H](O)[C@@H](CO)O[C@H]1n1ccc(=O)[nH]c1=O. The second kappa shape index (κ2) is 6.83. The van der Waals surface area contributed by atoms with E-state index in [2.05, 4.69) is 4.74 Å². The Kier molecular flexibility index (Phi) is 5.08. The lowest BCUT2D eigenvalue weighted by Gasteiger charge is -2.21. The van der Waals surface area contributed by atoms with Crippen molar-refractivity contribution in [2.75, 3.05) is 13.4 Å². The molecule has 2 heterocycles. The van der Waals surface area contributed by atoms with Gasteiger partial charge in [-0.25, -0.2) is 4.79 Å². The number of hydrogen-bond acceptors (Lipinski definition) is 8. The number of H-pyrrole nitrogens is 1. The molecule has 1 aromatic heterocycles. The van der Waals surface area contributed by atoms with Crippen molar-refractivity contribution in [2.24, 2.45) is 0 Å². The van der Waals surface area contributed by atoms with E-state index >= 15 is 0 Å². The van der Waals surface area contributed by atoms with E-state index in [0.29, 0.717) is 0 Å². The van der Waals surface area contributed by atoms with Gasteiger partial charge in [0.1, 0.15) is 18.3 Å². The van der Waals surface area contributed by atoms with Crippen LogP contribution in [0.25, 0.3) is 0 Å². The summed E-state index contributed by atoms with van der Waals surface area (Å²) in [7, 11) is 0. The number of carbonyl (C=O) groups is 1. The number of aromatic amines is 1. The summed E-state index contributed by atoms with van der Waals surface area (Å²) in [6.45, 7) is 0.238. The number of ether oxygens (including phenoxy) is 3. The number of aromatic nitrogens is 2. The normalized spacial score (nSPS) is 27.8. The van der Waals surface area contributed by atoms with E-state index in [0.717, 1.165) is 10.6 Å². The van der Waals surface area contributed by atoms with Crippen LogP contribution >= 0.6 is 0 Å². The van der Waals surface area contributed by atoms with Gasteiger partial charge in [0.2, 0.25) is 0 Å². The second-order valence-corrected chi connectivity index (χ2v) is 4.64. The molecule has 10 nitrogen and oxygen atoms in total. The number of nitrogens with one attached hydrogen (secondary N) is 1. The Morgan fingerprint density at radius 2 is 2.23 bits per heavy atom. The largest absolute Gasteiger partial charge is 0.439 e. The summed E-state index contributed by atoms with van der Waals surface area (Å²) in [6.07, 6.45) is -3.21. The molecule has 0 aromatic carbocycles. The molecule has 0 amide bonds. The maximum Gasteiger partial charge on any atom is 0.330 e. The van der Waals surface area contributed by atoms with Gasteiger partial charge in [-0.2, -0.15) is 0 Å². The number of hydrogen-bond donors (Lipinski definition) is 3. The summed E-state index contributed by atoms with van der Waals surface area (Å²) >= 11 is 0. The molecule has 0 radical (unpaired) electrons. The summed E-state index contributed by atoms with van der Waals surface area (Å²) in [6, 6.07) is 1.10. The molecule has 22 heavy (non-hydrogen) atoms. The van der Waals surface area contributed by atoms with Gasteiger partial charge < -0.3 is 24.4 Å². The van der Waals surface area contributed by atoms with Crippen LogP contribution in [0.5, 0.6) is 0 Å². The van der Waals surface area contributed by atoms with E-state index in [9.17, 15) is 24.6 Å². The topological polar surface area (TPSA) is 140 Å². The van der Waals surface area contributed by atoms with Gasteiger partial charge in [-0.05, 0) is 0 Å². The van der Waals surface area contributed by atoms with Gasteiger partial charge >= 0.3 is 11.7 Å². The van der Waals surface area contributed by atoms with E-state index in [4.69, 9.17) is 9.47 Å². The molecule has 4 atom stereocenters. The third kappa shape index (κ3) is 3.42. The van der Waals surface area contributed by atoms with Crippen molar-refractivity contribution in [2.45, 2.75) is 31.5 Å². The Bertz CT molecular complexity index is 639. The van der Waals surface area contributed by atoms with Crippen LogP contribution < -0.4 is 11.2 Å². The number of rotatable bonds is 5. The highest BCUT2D eigenvalue weighted by Gasteiger charge is 2.45. The van der Waals surface area contributed by atoms with Crippen LogP contribution in [0.4, 0.5) is 0 Å². The zero-order valence-electron chi connectivity index (χ0n) is 11.7. The predicted molar refractivity (Wildman–Crippen MR) is 69.8 cm³/mol. The molecule has 0 unspecified atom stereocenters. The molecule has 1 aliphatic rings. The summed E-state index contributed by atoms with van der Waals surface area (Å²) in [5, 5.41) is 19.2. The molecule has 0 aliphatic carbocycles. The Balaban J connectivity index is 2.23. The fourth-order valence-electron chi connectivity index (χ4n) is 2.10. The molecular formula is C12H16N2O8. The number of esters is 1. The maximum atomic E-state index is 11.8. The Morgan fingerprint density at radius 3 is 2.82 bits per heavy atom. The molecule has 0 spiro atoms. The molecule has 1 aliphatic heterocycles. The molecule has 1 saturated heterocycles. The first kappa shape index (κ1) is 16.4. The van der Waals surface area contributed by atoms with E-state index in [1.807, 2.05) is 4.98 Å². The van der Waals surface area contributed by atoms with Gasteiger partial charge in [0.05, 0.1) is 6.61 Å². The molecule has 3 N–H and O–H groups in total. The molecule has 0 bridgehead atoms. The minimum atomic E-state index is -1.25.